The fourth-order valence-corrected chi connectivity index (χ4v) is 4.24. The number of halogens is 4. The monoisotopic (exact) mass is 493 g/mol. The Labute approximate surface area is 199 Å². The topological polar surface area (TPSA) is 71.4 Å². The highest BCUT2D eigenvalue weighted by Gasteiger charge is 2.28. The average molecular weight is 494 g/mol. The molecule has 0 radical (unpaired) electrons. The van der Waals surface area contributed by atoms with E-state index in [-0.39, 0.29) is 6.04 Å². The van der Waals surface area contributed by atoms with Gasteiger partial charge >= 0.3 is 6.03 Å². The standard InChI is InChI=1S/C23H23ClF3N5O2/c1-31-22(16(24)12-28-31)21(32-7-2-3-8-32)13-34-15-6-4-5-14(9-15)29-23(33)30-20-11-18(26)17(25)10-19(20)27/h4-6,9-12,21H,2-3,7-8,13H2,1H3,(H2,29,30,33). The third kappa shape index (κ3) is 5.45. The molecule has 0 bridgehead atoms. The van der Waals surface area contributed by atoms with Crippen LogP contribution >= 0.6 is 11.6 Å². The molecule has 1 fully saturated rings. The number of aromatic nitrogens is 2. The zero-order chi connectivity index (χ0) is 24.2. The van der Waals surface area contributed by atoms with E-state index in [4.69, 9.17) is 16.3 Å². The number of nitrogens with zero attached hydrogens (tertiary/aromatic N) is 3. The Kier molecular flexibility index (Phi) is 7.28. The number of anilines is 2. The van der Waals surface area contributed by atoms with Crippen molar-refractivity contribution in [2.24, 2.45) is 7.05 Å². The van der Waals surface area contributed by atoms with Crippen molar-refractivity contribution < 1.29 is 22.7 Å². The Bertz CT molecular complexity index is 1160. The van der Waals surface area contributed by atoms with Gasteiger partial charge < -0.3 is 15.4 Å². The molecule has 180 valence electrons. The molecule has 2 heterocycles. The number of carbonyl (C=O) groups is 1. The average Bonchev–Trinajstić information content (AvgIpc) is 3.44. The molecule has 0 aliphatic carbocycles. The SMILES string of the molecule is Cn1ncc(Cl)c1C(COc1cccc(NC(=O)Nc2cc(F)c(F)cc2F)c1)N1CCCC1. The Morgan fingerprint density at radius 3 is 2.56 bits per heavy atom. The second-order valence-electron chi connectivity index (χ2n) is 7.92. The number of likely N-dealkylation sites (tertiary alicyclic amines) is 1. The van der Waals surface area contributed by atoms with Crippen molar-refractivity contribution in [3.63, 3.8) is 0 Å². The van der Waals surface area contributed by atoms with Gasteiger partial charge in [-0.2, -0.15) is 5.10 Å². The number of aryl methyl sites for hydroxylation is 1. The molecule has 3 aromatic rings. The van der Waals surface area contributed by atoms with E-state index >= 15 is 0 Å². The van der Waals surface area contributed by atoms with Crippen molar-refractivity contribution in [2.75, 3.05) is 30.3 Å². The maximum absolute atomic E-state index is 13.8. The molecule has 34 heavy (non-hydrogen) atoms. The Balaban J connectivity index is 1.42. The molecule has 1 atom stereocenters. The van der Waals surface area contributed by atoms with Crippen LogP contribution in [0.5, 0.6) is 5.75 Å². The predicted octanol–water partition coefficient (Wildman–Crippen LogP) is 5.35. The molecule has 0 spiro atoms. The summed E-state index contributed by atoms with van der Waals surface area (Å²) in [4.78, 5) is 14.5. The molecule has 1 aliphatic rings. The summed E-state index contributed by atoms with van der Waals surface area (Å²) in [5.74, 6) is -3.20. The van der Waals surface area contributed by atoms with Crippen LogP contribution in [0.3, 0.4) is 0 Å². The lowest BCUT2D eigenvalue weighted by Gasteiger charge is -2.28. The molecule has 2 aromatic carbocycles. The zero-order valence-corrected chi connectivity index (χ0v) is 19.1. The fraction of sp³-hybridized carbons (Fsp3) is 0.304. The molecule has 7 nitrogen and oxygen atoms in total. The summed E-state index contributed by atoms with van der Waals surface area (Å²) < 4.78 is 48.0. The highest BCUT2D eigenvalue weighted by atomic mass is 35.5. The van der Waals surface area contributed by atoms with Crippen LogP contribution in [0.4, 0.5) is 29.3 Å². The highest BCUT2D eigenvalue weighted by Crippen LogP contribution is 2.31. The van der Waals surface area contributed by atoms with Crippen LogP contribution in [0.2, 0.25) is 5.02 Å². The van der Waals surface area contributed by atoms with E-state index in [9.17, 15) is 18.0 Å². The first kappa shape index (κ1) is 23.9. The van der Waals surface area contributed by atoms with E-state index in [2.05, 4.69) is 20.6 Å². The maximum Gasteiger partial charge on any atom is 0.323 e. The molecule has 0 saturated carbocycles. The van der Waals surface area contributed by atoms with E-state index in [1.54, 1.807) is 35.1 Å². The van der Waals surface area contributed by atoms with Gasteiger partial charge in [0.25, 0.3) is 0 Å². The summed E-state index contributed by atoms with van der Waals surface area (Å²) in [5, 5.41) is 9.49. The largest absolute Gasteiger partial charge is 0.491 e. The van der Waals surface area contributed by atoms with Crippen LogP contribution in [0, 0.1) is 17.5 Å². The summed E-state index contributed by atoms with van der Waals surface area (Å²) >= 11 is 6.39. The molecule has 11 heteroatoms. The lowest BCUT2D eigenvalue weighted by atomic mass is 10.2. The summed E-state index contributed by atoms with van der Waals surface area (Å²) in [6.45, 7) is 2.17. The van der Waals surface area contributed by atoms with Crippen molar-refractivity contribution in [3.05, 3.63) is 70.8 Å². The zero-order valence-electron chi connectivity index (χ0n) is 18.3. The lowest BCUT2D eigenvalue weighted by molar-refractivity contribution is 0.154. The minimum absolute atomic E-state index is 0.0984. The minimum Gasteiger partial charge on any atom is -0.491 e. The van der Waals surface area contributed by atoms with Gasteiger partial charge in [0, 0.05) is 30.9 Å². The highest BCUT2D eigenvalue weighted by molar-refractivity contribution is 6.31. The number of amides is 2. The molecule has 1 unspecified atom stereocenters. The molecule has 2 N–H and O–H groups in total. The van der Waals surface area contributed by atoms with Gasteiger partial charge in [-0.1, -0.05) is 17.7 Å². The number of carbonyl (C=O) groups excluding carboxylic acids is 1. The van der Waals surface area contributed by atoms with Crippen molar-refractivity contribution in [1.82, 2.24) is 14.7 Å². The number of hydrogen-bond acceptors (Lipinski definition) is 4. The number of nitrogens with one attached hydrogen (secondary N) is 2. The molecular formula is C23H23ClF3N5O2. The third-order valence-corrected chi connectivity index (χ3v) is 5.88. The first-order chi connectivity index (χ1) is 16.3. The van der Waals surface area contributed by atoms with Crippen LogP contribution in [-0.4, -0.2) is 40.4 Å². The van der Waals surface area contributed by atoms with E-state index in [1.165, 1.54) is 0 Å². The number of ether oxygens (including phenoxy) is 1. The normalized spacial score (nSPS) is 14.7. The van der Waals surface area contributed by atoms with Gasteiger partial charge in [0.1, 0.15) is 18.2 Å². The summed E-state index contributed by atoms with van der Waals surface area (Å²) in [6.07, 6.45) is 3.80. The van der Waals surface area contributed by atoms with Gasteiger partial charge in [-0.05, 0) is 38.1 Å². The lowest BCUT2D eigenvalue weighted by Crippen LogP contribution is -2.32. The summed E-state index contributed by atoms with van der Waals surface area (Å²) in [6, 6.07) is 6.67. The number of rotatable bonds is 7. The van der Waals surface area contributed by atoms with Crippen molar-refractivity contribution in [2.45, 2.75) is 18.9 Å². The van der Waals surface area contributed by atoms with E-state index < -0.39 is 29.2 Å². The van der Waals surface area contributed by atoms with E-state index in [1.807, 2.05) is 7.05 Å². The van der Waals surface area contributed by atoms with Gasteiger partial charge in [-0.25, -0.2) is 18.0 Å². The molecule has 2 amide bonds. The molecule has 4 rings (SSSR count). The molecule has 1 saturated heterocycles. The second-order valence-corrected chi connectivity index (χ2v) is 8.33. The van der Waals surface area contributed by atoms with Gasteiger partial charge in [0.05, 0.1) is 28.6 Å². The van der Waals surface area contributed by atoms with Gasteiger partial charge in [-0.3, -0.25) is 9.58 Å². The van der Waals surface area contributed by atoms with Crippen molar-refractivity contribution in [1.29, 1.82) is 0 Å². The third-order valence-electron chi connectivity index (χ3n) is 5.59. The molecular weight excluding hydrogens is 471 g/mol. The van der Waals surface area contributed by atoms with Gasteiger partial charge in [0.15, 0.2) is 11.6 Å². The Morgan fingerprint density at radius 1 is 1.12 bits per heavy atom. The first-order valence-electron chi connectivity index (χ1n) is 10.7. The fourth-order valence-electron chi connectivity index (χ4n) is 3.95. The van der Waals surface area contributed by atoms with Gasteiger partial charge in [0.2, 0.25) is 0 Å². The number of urea groups is 1. The Hall–Kier alpha value is -3.24. The number of benzene rings is 2. The first-order valence-corrected chi connectivity index (χ1v) is 11.1. The van der Waals surface area contributed by atoms with E-state index in [0.29, 0.717) is 35.2 Å². The van der Waals surface area contributed by atoms with Gasteiger partial charge in [-0.15, -0.1) is 0 Å². The Morgan fingerprint density at radius 2 is 1.85 bits per heavy atom. The van der Waals surface area contributed by atoms with Crippen LogP contribution in [0.25, 0.3) is 0 Å². The van der Waals surface area contributed by atoms with Crippen molar-refractivity contribution >= 4 is 29.0 Å². The van der Waals surface area contributed by atoms with Crippen LogP contribution in [0.1, 0.15) is 24.6 Å². The van der Waals surface area contributed by atoms with Crippen LogP contribution < -0.4 is 15.4 Å². The smallest absolute Gasteiger partial charge is 0.323 e. The molecule has 1 aliphatic heterocycles. The molecule has 1 aromatic heterocycles. The van der Waals surface area contributed by atoms with Crippen LogP contribution in [0.15, 0.2) is 42.6 Å². The summed E-state index contributed by atoms with van der Waals surface area (Å²) in [5.41, 5.74) is 0.755. The predicted molar refractivity (Wildman–Crippen MR) is 123 cm³/mol. The summed E-state index contributed by atoms with van der Waals surface area (Å²) in [7, 11) is 1.84. The second kappa shape index (κ2) is 10.4. The minimum atomic E-state index is -1.34. The number of hydrogen-bond donors (Lipinski definition) is 2. The van der Waals surface area contributed by atoms with Crippen LogP contribution in [-0.2, 0) is 7.05 Å². The van der Waals surface area contributed by atoms with Crippen molar-refractivity contribution in [3.8, 4) is 5.75 Å². The quantitative estimate of drug-likeness (QED) is 0.435. The maximum atomic E-state index is 13.8. The van der Waals surface area contributed by atoms with E-state index in [0.717, 1.165) is 31.6 Å².